The maximum absolute atomic E-state index is 8.77. The highest BCUT2D eigenvalue weighted by Gasteiger charge is 2.46. The zero-order valence-electron chi connectivity index (χ0n) is 9.19. The van der Waals surface area contributed by atoms with Crippen LogP contribution in [0.25, 0.3) is 0 Å². The number of halogens is 1. The number of benzene rings is 1. The van der Waals surface area contributed by atoms with Crippen LogP contribution in [0.2, 0.25) is 0 Å². The summed E-state index contributed by atoms with van der Waals surface area (Å²) in [6.07, 6.45) is 2.78. The first-order valence-electron chi connectivity index (χ1n) is 5.69. The first-order valence-corrected chi connectivity index (χ1v) is 5.69. The lowest BCUT2D eigenvalue weighted by molar-refractivity contribution is -0.00000328. The third kappa shape index (κ3) is 1.74. The number of piperidine rings is 1. The van der Waals surface area contributed by atoms with Crippen molar-refractivity contribution in [1.82, 2.24) is 4.48 Å². The van der Waals surface area contributed by atoms with Gasteiger partial charge < -0.3 is 24.0 Å². The number of rotatable bonds is 1. The molecule has 3 heteroatoms. The highest BCUT2D eigenvalue weighted by Crippen LogP contribution is 2.39. The third-order valence-corrected chi connectivity index (χ3v) is 4.08. The summed E-state index contributed by atoms with van der Waals surface area (Å²) >= 11 is 0. The molecule has 0 radical (unpaired) electrons. The molecule has 0 unspecified atom stereocenters. The monoisotopic (exact) mass is 326 g/mol. The molecule has 2 saturated heterocycles. The molecule has 0 spiro atoms. The highest BCUT2D eigenvalue weighted by atomic mass is 127. The van der Waals surface area contributed by atoms with Gasteiger partial charge in [-0.05, 0) is 12.1 Å². The van der Waals surface area contributed by atoms with Crippen LogP contribution in [0.5, 0.6) is 0 Å². The van der Waals surface area contributed by atoms with E-state index in [0.717, 1.165) is 11.5 Å². The molecule has 2 aliphatic rings. The van der Waals surface area contributed by atoms with Gasteiger partial charge in [0.2, 0.25) is 0 Å². The Hall–Kier alpha value is -0.600. The van der Waals surface area contributed by atoms with Gasteiger partial charge in [-0.2, -0.15) is 5.26 Å². The van der Waals surface area contributed by atoms with Crippen molar-refractivity contribution in [2.45, 2.75) is 12.8 Å². The van der Waals surface area contributed by atoms with Crippen molar-refractivity contribution >= 4 is 5.69 Å². The lowest BCUT2D eigenvalue weighted by Crippen LogP contribution is -3.00. The van der Waals surface area contributed by atoms with Crippen molar-refractivity contribution in [3.8, 4) is 6.07 Å². The van der Waals surface area contributed by atoms with Gasteiger partial charge in [0.1, 0.15) is 5.69 Å². The summed E-state index contributed by atoms with van der Waals surface area (Å²) in [5.74, 6) is 0.959. The molecule has 2 bridgehead atoms. The molecule has 3 rings (SSSR count). The van der Waals surface area contributed by atoms with Gasteiger partial charge in [-0.25, -0.2) is 0 Å². The van der Waals surface area contributed by atoms with E-state index in [0.29, 0.717) is 0 Å². The Morgan fingerprint density at radius 1 is 1.12 bits per heavy atom. The van der Waals surface area contributed by atoms with E-state index < -0.39 is 0 Å². The van der Waals surface area contributed by atoms with Crippen molar-refractivity contribution in [3.63, 3.8) is 0 Å². The average Bonchev–Trinajstić information content (AvgIpc) is 2.90. The summed E-state index contributed by atoms with van der Waals surface area (Å²) < 4.78 is 1.18. The van der Waals surface area contributed by atoms with Gasteiger partial charge in [0.15, 0.2) is 0 Å². The Morgan fingerprint density at radius 3 is 2.19 bits per heavy atom. The third-order valence-electron chi connectivity index (χ3n) is 4.08. The van der Waals surface area contributed by atoms with Gasteiger partial charge >= 0.3 is 0 Å². The Labute approximate surface area is 113 Å². The minimum absolute atomic E-state index is 0. The van der Waals surface area contributed by atoms with Crippen LogP contribution in [0.1, 0.15) is 18.4 Å². The van der Waals surface area contributed by atoms with Crippen LogP contribution in [-0.4, -0.2) is 19.6 Å². The minimum Gasteiger partial charge on any atom is -1.00 e. The molecular formula is C13H15IN2. The van der Waals surface area contributed by atoms with Crippen molar-refractivity contribution in [1.29, 1.82) is 5.26 Å². The molecule has 0 aliphatic carbocycles. The van der Waals surface area contributed by atoms with Crippen molar-refractivity contribution < 1.29 is 24.0 Å². The summed E-state index contributed by atoms with van der Waals surface area (Å²) in [5, 5.41) is 8.77. The summed E-state index contributed by atoms with van der Waals surface area (Å²) in [6.45, 7) is 3.93. The molecule has 0 N–H and O–H groups in total. The maximum atomic E-state index is 8.77. The fourth-order valence-electron chi connectivity index (χ4n) is 3.19. The van der Waals surface area contributed by atoms with Crippen molar-refractivity contribution in [3.05, 3.63) is 29.8 Å². The Bertz CT molecular complexity index is 411. The maximum Gasteiger partial charge on any atom is 0.132 e. The van der Waals surface area contributed by atoms with Gasteiger partial charge in [0.25, 0.3) is 0 Å². The zero-order chi connectivity index (χ0) is 10.3. The summed E-state index contributed by atoms with van der Waals surface area (Å²) in [4.78, 5) is 0. The lowest BCUT2D eigenvalue weighted by atomic mass is 10.1. The van der Waals surface area contributed by atoms with E-state index in [1.54, 1.807) is 0 Å². The standard InChI is InChI=1S/C13H15N2.HI/c14-9-11-1-3-13(4-2-11)15-7-5-12(10-15)6-8-15;/h1-4,12H,5-8,10H2;1H/q+1;/p-1. The Morgan fingerprint density at radius 2 is 1.75 bits per heavy atom. The Kier molecular flexibility index (Phi) is 3.22. The molecule has 84 valence electrons. The van der Waals surface area contributed by atoms with E-state index in [1.165, 1.54) is 42.6 Å². The molecule has 0 saturated carbocycles. The smallest absolute Gasteiger partial charge is 0.132 e. The van der Waals surface area contributed by atoms with Crippen LogP contribution in [-0.2, 0) is 0 Å². The number of hydrogen-bond acceptors (Lipinski definition) is 1. The summed E-state index contributed by atoms with van der Waals surface area (Å²) in [6, 6.07) is 10.4. The second-order valence-corrected chi connectivity index (χ2v) is 4.88. The molecule has 1 aromatic rings. The van der Waals surface area contributed by atoms with E-state index in [4.69, 9.17) is 5.26 Å². The first kappa shape index (κ1) is 11.9. The molecule has 2 heterocycles. The van der Waals surface area contributed by atoms with E-state index in [9.17, 15) is 0 Å². The van der Waals surface area contributed by atoms with Gasteiger partial charge in [0, 0.05) is 30.9 Å². The zero-order valence-corrected chi connectivity index (χ0v) is 11.4. The first-order chi connectivity index (χ1) is 7.32. The predicted molar refractivity (Wildman–Crippen MR) is 60.3 cm³/mol. The van der Waals surface area contributed by atoms with Crippen molar-refractivity contribution in [2.75, 3.05) is 19.6 Å². The van der Waals surface area contributed by atoms with E-state index in [-0.39, 0.29) is 24.0 Å². The largest absolute Gasteiger partial charge is 1.00 e. The number of hydrogen-bond donors (Lipinski definition) is 0. The van der Waals surface area contributed by atoms with E-state index in [2.05, 4.69) is 18.2 Å². The number of fused-ring (bicyclic) bond motifs is 2. The molecule has 1 aromatic carbocycles. The topological polar surface area (TPSA) is 23.8 Å². The number of nitrogens with zero attached hydrogens (tertiary/aromatic N) is 2. The molecule has 2 fully saturated rings. The van der Waals surface area contributed by atoms with Crippen LogP contribution in [0.15, 0.2) is 24.3 Å². The van der Waals surface area contributed by atoms with Gasteiger partial charge in [-0.1, -0.05) is 0 Å². The number of nitriles is 1. The van der Waals surface area contributed by atoms with Gasteiger partial charge in [0.05, 0.1) is 31.3 Å². The second kappa shape index (κ2) is 4.34. The molecule has 0 aromatic heterocycles. The lowest BCUT2D eigenvalue weighted by Gasteiger charge is -2.31. The van der Waals surface area contributed by atoms with Crippen LogP contribution < -0.4 is 28.5 Å². The van der Waals surface area contributed by atoms with Gasteiger partial charge in [-0.3, -0.25) is 4.48 Å². The average molecular weight is 326 g/mol. The molecule has 0 atom stereocenters. The number of quaternary nitrogens is 1. The molecule has 16 heavy (non-hydrogen) atoms. The van der Waals surface area contributed by atoms with Crippen LogP contribution in [0, 0.1) is 17.2 Å². The van der Waals surface area contributed by atoms with Crippen LogP contribution >= 0.6 is 0 Å². The summed E-state index contributed by atoms with van der Waals surface area (Å²) in [5.41, 5.74) is 2.18. The molecular weight excluding hydrogens is 311 g/mol. The molecule has 0 amide bonds. The van der Waals surface area contributed by atoms with Gasteiger partial charge in [-0.15, -0.1) is 0 Å². The minimum atomic E-state index is 0. The normalized spacial score (nSPS) is 30.8. The molecule has 2 nitrogen and oxygen atoms in total. The van der Waals surface area contributed by atoms with Crippen LogP contribution in [0.3, 0.4) is 0 Å². The second-order valence-electron chi connectivity index (χ2n) is 4.88. The summed E-state index contributed by atoms with van der Waals surface area (Å²) in [7, 11) is 0. The van der Waals surface area contributed by atoms with E-state index in [1.807, 2.05) is 12.1 Å². The highest BCUT2D eigenvalue weighted by molar-refractivity contribution is 5.48. The fourth-order valence-corrected chi connectivity index (χ4v) is 3.19. The molecule has 2 aliphatic heterocycles. The fraction of sp³-hybridized carbons (Fsp3) is 0.462. The quantitative estimate of drug-likeness (QED) is 0.494. The predicted octanol–water partition coefficient (Wildman–Crippen LogP) is -0.707. The van der Waals surface area contributed by atoms with Crippen LogP contribution in [0.4, 0.5) is 5.69 Å². The van der Waals surface area contributed by atoms with Crippen molar-refractivity contribution in [2.24, 2.45) is 5.92 Å². The Balaban J connectivity index is 0.000000963. The van der Waals surface area contributed by atoms with E-state index >= 15 is 0 Å². The SMILES string of the molecule is N#Cc1ccc([N+]23CCC(CC2)C3)cc1.[I-].